The standard InChI is InChI=1S/C23H26N4O3S2/c1-3-24-22(30)25-19(28)14(2)31-23-26-20-18(16-10-7-11-17(16)32-20)21(29)27(23)13-12-15-8-5-4-6-9-15/h4-6,8-9,14H,3,7,10-13H2,1-2H3,(H2,24,25,28,30). The number of amides is 3. The van der Waals surface area contributed by atoms with Gasteiger partial charge in [-0.1, -0.05) is 42.1 Å². The van der Waals surface area contributed by atoms with E-state index >= 15 is 0 Å². The van der Waals surface area contributed by atoms with E-state index in [-0.39, 0.29) is 5.56 Å². The van der Waals surface area contributed by atoms with Crippen LogP contribution in [0.2, 0.25) is 0 Å². The van der Waals surface area contributed by atoms with Crippen LogP contribution < -0.4 is 16.2 Å². The average molecular weight is 471 g/mol. The van der Waals surface area contributed by atoms with E-state index < -0.39 is 17.2 Å². The monoisotopic (exact) mass is 470 g/mol. The van der Waals surface area contributed by atoms with Gasteiger partial charge in [0.05, 0.1) is 10.6 Å². The van der Waals surface area contributed by atoms with Crippen LogP contribution in [0.15, 0.2) is 40.3 Å². The number of carbonyl (C=O) groups excluding carboxylic acids is 2. The number of aryl methyl sites for hydroxylation is 3. The number of benzene rings is 1. The molecule has 9 heteroatoms. The molecule has 1 atom stereocenters. The first-order valence-corrected chi connectivity index (χ1v) is 12.5. The van der Waals surface area contributed by atoms with E-state index in [4.69, 9.17) is 4.98 Å². The molecule has 32 heavy (non-hydrogen) atoms. The number of nitrogens with one attached hydrogen (secondary N) is 2. The highest BCUT2D eigenvalue weighted by atomic mass is 32.2. The topological polar surface area (TPSA) is 93.1 Å². The summed E-state index contributed by atoms with van der Waals surface area (Å²) in [6.07, 6.45) is 3.68. The van der Waals surface area contributed by atoms with Gasteiger partial charge < -0.3 is 5.32 Å². The lowest BCUT2D eigenvalue weighted by molar-refractivity contribution is -0.119. The van der Waals surface area contributed by atoms with Crippen LogP contribution in [-0.4, -0.2) is 33.3 Å². The Kier molecular flexibility index (Phi) is 6.95. The maximum atomic E-state index is 13.6. The quantitative estimate of drug-likeness (QED) is 0.407. The summed E-state index contributed by atoms with van der Waals surface area (Å²) in [7, 11) is 0. The molecule has 0 bridgehead atoms. The molecule has 0 fully saturated rings. The highest BCUT2D eigenvalue weighted by molar-refractivity contribution is 8.00. The Bertz CT molecular complexity index is 1200. The minimum atomic E-state index is -0.586. The van der Waals surface area contributed by atoms with E-state index in [0.29, 0.717) is 24.7 Å². The number of urea groups is 1. The van der Waals surface area contributed by atoms with Crippen molar-refractivity contribution >= 4 is 45.3 Å². The molecule has 2 heterocycles. The first-order valence-electron chi connectivity index (χ1n) is 10.8. The second-order valence-electron chi connectivity index (χ2n) is 7.73. The zero-order valence-corrected chi connectivity index (χ0v) is 19.8. The summed E-state index contributed by atoms with van der Waals surface area (Å²) in [5, 5.41) is 5.55. The molecule has 1 aromatic carbocycles. The molecule has 168 valence electrons. The van der Waals surface area contributed by atoms with Crippen LogP contribution in [0.25, 0.3) is 10.2 Å². The zero-order chi connectivity index (χ0) is 22.7. The number of hydrogen-bond donors (Lipinski definition) is 2. The highest BCUT2D eigenvalue weighted by Gasteiger charge is 2.25. The lowest BCUT2D eigenvalue weighted by Crippen LogP contribution is -2.42. The second kappa shape index (κ2) is 9.87. The Hall–Kier alpha value is -2.65. The molecule has 0 aliphatic heterocycles. The molecule has 0 saturated carbocycles. The second-order valence-corrected chi connectivity index (χ2v) is 10.1. The smallest absolute Gasteiger partial charge is 0.321 e. The number of thiophene rings is 1. The van der Waals surface area contributed by atoms with Crippen molar-refractivity contribution in [3.63, 3.8) is 0 Å². The Morgan fingerprint density at radius 2 is 2.03 bits per heavy atom. The van der Waals surface area contributed by atoms with Gasteiger partial charge in [0.2, 0.25) is 5.91 Å². The van der Waals surface area contributed by atoms with Gasteiger partial charge in [0.15, 0.2) is 5.16 Å². The van der Waals surface area contributed by atoms with Crippen LogP contribution in [0, 0.1) is 0 Å². The fourth-order valence-electron chi connectivity index (χ4n) is 3.86. The van der Waals surface area contributed by atoms with Crippen molar-refractivity contribution in [3.8, 4) is 0 Å². The molecule has 3 aromatic rings. The maximum Gasteiger partial charge on any atom is 0.321 e. The van der Waals surface area contributed by atoms with Crippen LogP contribution in [-0.2, 0) is 30.6 Å². The van der Waals surface area contributed by atoms with E-state index in [1.54, 1.807) is 29.8 Å². The third kappa shape index (κ3) is 4.73. The molecule has 4 rings (SSSR count). The molecule has 7 nitrogen and oxygen atoms in total. The lowest BCUT2D eigenvalue weighted by atomic mass is 10.1. The van der Waals surface area contributed by atoms with Gasteiger partial charge in [-0.05, 0) is 50.7 Å². The van der Waals surface area contributed by atoms with Gasteiger partial charge in [-0.15, -0.1) is 11.3 Å². The number of carbonyl (C=O) groups is 2. The molecule has 3 amide bonds. The van der Waals surface area contributed by atoms with Gasteiger partial charge in [0.1, 0.15) is 4.83 Å². The molecular formula is C23H26N4O3S2. The number of rotatable bonds is 7. The van der Waals surface area contributed by atoms with Gasteiger partial charge in [-0.2, -0.15) is 0 Å². The van der Waals surface area contributed by atoms with E-state index in [9.17, 15) is 14.4 Å². The average Bonchev–Trinajstić information content (AvgIpc) is 3.35. The summed E-state index contributed by atoms with van der Waals surface area (Å²) in [6.45, 7) is 4.40. The van der Waals surface area contributed by atoms with Crippen molar-refractivity contribution in [1.29, 1.82) is 0 Å². The predicted molar refractivity (Wildman–Crippen MR) is 129 cm³/mol. The highest BCUT2D eigenvalue weighted by Crippen LogP contribution is 2.36. The molecule has 2 N–H and O–H groups in total. The van der Waals surface area contributed by atoms with Crippen molar-refractivity contribution < 1.29 is 9.59 Å². The zero-order valence-electron chi connectivity index (χ0n) is 18.1. The van der Waals surface area contributed by atoms with Crippen LogP contribution in [0.5, 0.6) is 0 Å². The fourth-order valence-corrected chi connectivity index (χ4v) is 6.10. The van der Waals surface area contributed by atoms with E-state index in [2.05, 4.69) is 10.6 Å². The molecule has 1 unspecified atom stereocenters. The van der Waals surface area contributed by atoms with Crippen molar-refractivity contribution in [3.05, 3.63) is 56.7 Å². The number of thioether (sulfide) groups is 1. The summed E-state index contributed by atoms with van der Waals surface area (Å²) in [6, 6.07) is 9.48. The molecule has 1 aliphatic rings. The summed E-state index contributed by atoms with van der Waals surface area (Å²) >= 11 is 2.80. The number of imide groups is 1. The molecule has 0 radical (unpaired) electrons. The number of fused-ring (bicyclic) bond motifs is 3. The third-order valence-electron chi connectivity index (χ3n) is 5.48. The normalized spacial score (nSPS) is 13.7. The van der Waals surface area contributed by atoms with Crippen molar-refractivity contribution in [2.75, 3.05) is 6.54 Å². The summed E-state index contributed by atoms with van der Waals surface area (Å²) in [4.78, 5) is 44.6. The number of aromatic nitrogens is 2. The molecule has 1 aliphatic carbocycles. The van der Waals surface area contributed by atoms with E-state index in [1.807, 2.05) is 30.3 Å². The fraction of sp³-hybridized carbons (Fsp3) is 0.391. The Balaban J connectivity index is 1.66. The van der Waals surface area contributed by atoms with Gasteiger partial charge in [-0.25, -0.2) is 9.78 Å². The Morgan fingerprint density at radius 1 is 1.25 bits per heavy atom. The first-order chi connectivity index (χ1) is 15.5. The molecule has 0 spiro atoms. The van der Waals surface area contributed by atoms with Crippen LogP contribution in [0.4, 0.5) is 4.79 Å². The van der Waals surface area contributed by atoms with E-state index in [1.165, 1.54) is 16.6 Å². The van der Waals surface area contributed by atoms with Gasteiger partial charge >= 0.3 is 6.03 Å². The molecule has 2 aromatic heterocycles. The lowest BCUT2D eigenvalue weighted by Gasteiger charge is -2.16. The van der Waals surface area contributed by atoms with Gasteiger partial charge in [-0.3, -0.25) is 19.5 Å². The summed E-state index contributed by atoms with van der Waals surface area (Å²) in [5.74, 6) is -0.418. The van der Waals surface area contributed by atoms with Gasteiger partial charge in [0.25, 0.3) is 5.56 Å². The summed E-state index contributed by atoms with van der Waals surface area (Å²) in [5.41, 5.74) is 2.24. The van der Waals surface area contributed by atoms with Crippen LogP contribution in [0.1, 0.15) is 36.3 Å². The first kappa shape index (κ1) is 22.5. The van der Waals surface area contributed by atoms with Crippen molar-refractivity contribution in [2.24, 2.45) is 0 Å². The van der Waals surface area contributed by atoms with Gasteiger partial charge in [0, 0.05) is 18.0 Å². The predicted octanol–water partition coefficient (Wildman–Crippen LogP) is 3.52. The van der Waals surface area contributed by atoms with Crippen molar-refractivity contribution in [1.82, 2.24) is 20.2 Å². The summed E-state index contributed by atoms with van der Waals surface area (Å²) < 4.78 is 1.70. The SMILES string of the molecule is CCNC(=O)NC(=O)C(C)Sc1nc2sc3c(c2c(=O)n1CCc1ccccc1)CCC3. The minimum Gasteiger partial charge on any atom is -0.338 e. The van der Waals surface area contributed by atoms with Crippen molar-refractivity contribution in [2.45, 2.75) is 56.5 Å². The molecular weight excluding hydrogens is 444 g/mol. The maximum absolute atomic E-state index is 13.6. The van der Waals surface area contributed by atoms with E-state index in [0.717, 1.165) is 40.6 Å². The van der Waals surface area contributed by atoms with Crippen LogP contribution in [0.3, 0.4) is 0 Å². The minimum absolute atomic E-state index is 0.0378. The third-order valence-corrected chi connectivity index (χ3v) is 7.76. The Morgan fingerprint density at radius 3 is 2.78 bits per heavy atom. The Labute approximate surface area is 194 Å². The van der Waals surface area contributed by atoms with Crippen LogP contribution >= 0.6 is 23.1 Å². The number of nitrogens with zero attached hydrogens (tertiary/aromatic N) is 2. The largest absolute Gasteiger partial charge is 0.338 e. The molecule has 0 saturated heterocycles. The number of hydrogen-bond acceptors (Lipinski definition) is 6.